The van der Waals surface area contributed by atoms with Crippen molar-refractivity contribution in [2.24, 2.45) is 14.1 Å². The number of hydrogen-bond acceptors (Lipinski definition) is 5. The molecular weight excluding hydrogens is 294 g/mol. The number of hydrogen-bond donors (Lipinski definition) is 3. The summed E-state index contributed by atoms with van der Waals surface area (Å²) in [4.78, 5) is 49.9. The molecule has 10 heteroatoms. The van der Waals surface area contributed by atoms with Crippen LogP contribution in [-0.4, -0.2) is 42.1 Å². The number of carboxylic acids is 1. The lowest BCUT2D eigenvalue weighted by molar-refractivity contribution is -0.140. The minimum Gasteiger partial charge on any atom is -0.480 e. The number of nitrogens with zero attached hydrogens (tertiary/aromatic N) is 3. The number of rotatable bonds is 1. The van der Waals surface area contributed by atoms with E-state index >= 15 is 0 Å². The SMILES string of the molecule is Cn1c(=O)c2[nH]cnc2n(C)c1=O.O=C1CC[C@@H](C(=O)O)N1. The summed E-state index contributed by atoms with van der Waals surface area (Å²) in [5, 5.41) is 10.6. The van der Waals surface area contributed by atoms with Gasteiger partial charge in [-0.25, -0.2) is 14.6 Å². The van der Waals surface area contributed by atoms with E-state index in [1.54, 1.807) is 7.05 Å². The number of fused-ring (bicyclic) bond motifs is 1. The van der Waals surface area contributed by atoms with E-state index < -0.39 is 12.0 Å². The van der Waals surface area contributed by atoms with Crippen LogP contribution in [0.25, 0.3) is 11.2 Å². The molecule has 3 N–H and O–H groups in total. The summed E-state index contributed by atoms with van der Waals surface area (Å²) in [7, 11) is 3.01. The lowest BCUT2D eigenvalue weighted by Crippen LogP contribution is -2.36. The molecule has 1 amide bonds. The number of aliphatic carboxylic acids is 1. The third-order valence-electron chi connectivity index (χ3n) is 3.32. The number of aryl methyl sites for hydroxylation is 1. The molecule has 1 saturated heterocycles. The molecule has 1 aliphatic heterocycles. The van der Waals surface area contributed by atoms with Crippen molar-refractivity contribution in [2.75, 3.05) is 0 Å². The largest absolute Gasteiger partial charge is 0.480 e. The fourth-order valence-corrected chi connectivity index (χ4v) is 2.07. The van der Waals surface area contributed by atoms with Gasteiger partial charge in [0.15, 0.2) is 5.65 Å². The van der Waals surface area contributed by atoms with Crippen molar-refractivity contribution in [3.63, 3.8) is 0 Å². The van der Waals surface area contributed by atoms with Gasteiger partial charge >= 0.3 is 11.7 Å². The summed E-state index contributed by atoms with van der Waals surface area (Å²) in [6.07, 6.45) is 2.16. The highest BCUT2D eigenvalue weighted by Gasteiger charge is 2.26. The average molecular weight is 309 g/mol. The molecule has 3 rings (SSSR count). The number of carbonyl (C=O) groups is 2. The summed E-state index contributed by atoms with van der Waals surface area (Å²) >= 11 is 0. The van der Waals surface area contributed by atoms with Gasteiger partial charge in [0.25, 0.3) is 5.56 Å². The maximum Gasteiger partial charge on any atom is 0.332 e. The zero-order valence-corrected chi connectivity index (χ0v) is 12.0. The summed E-state index contributed by atoms with van der Waals surface area (Å²) < 4.78 is 2.37. The van der Waals surface area contributed by atoms with Crippen LogP contribution in [0.1, 0.15) is 12.8 Å². The van der Waals surface area contributed by atoms with Crippen molar-refractivity contribution >= 4 is 23.0 Å². The second-order valence-electron chi connectivity index (χ2n) is 4.80. The van der Waals surface area contributed by atoms with Gasteiger partial charge in [-0.3, -0.25) is 18.7 Å². The van der Waals surface area contributed by atoms with E-state index in [4.69, 9.17) is 5.11 Å². The zero-order valence-electron chi connectivity index (χ0n) is 12.0. The molecule has 22 heavy (non-hydrogen) atoms. The molecule has 2 aromatic rings. The highest BCUT2D eigenvalue weighted by molar-refractivity contribution is 5.87. The molecule has 0 radical (unpaired) electrons. The van der Waals surface area contributed by atoms with Gasteiger partial charge in [0, 0.05) is 20.5 Å². The van der Waals surface area contributed by atoms with Crippen LogP contribution < -0.4 is 16.6 Å². The summed E-state index contributed by atoms with van der Waals surface area (Å²) in [5.74, 6) is -1.11. The normalized spacial score (nSPS) is 17.0. The van der Waals surface area contributed by atoms with Crippen molar-refractivity contribution in [1.82, 2.24) is 24.4 Å². The van der Waals surface area contributed by atoms with Crippen molar-refractivity contribution in [2.45, 2.75) is 18.9 Å². The third-order valence-corrected chi connectivity index (χ3v) is 3.32. The number of aromatic nitrogens is 4. The van der Waals surface area contributed by atoms with Gasteiger partial charge < -0.3 is 15.4 Å². The van der Waals surface area contributed by atoms with Crippen molar-refractivity contribution in [3.8, 4) is 0 Å². The molecule has 3 heterocycles. The monoisotopic (exact) mass is 309 g/mol. The molecule has 1 fully saturated rings. The van der Waals surface area contributed by atoms with E-state index in [0.29, 0.717) is 24.0 Å². The Hall–Kier alpha value is -2.91. The minimum atomic E-state index is -0.944. The van der Waals surface area contributed by atoms with Gasteiger partial charge in [0.1, 0.15) is 11.6 Å². The van der Waals surface area contributed by atoms with Gasteiger partial charge in [0.05, 0.1) is 6.33 Å². The number of amides is 1. The van der Waals surface area contributed by atoms with Crippen molar-refractivity contribution < 1.29 is 14.7 Å². The van der Waals surface area contributed by atoms with Gasteiger partial charge in [-0.15, -0.1) is 0 Å². The number of carbonyl (C=O) groups excluding carboxylic acids is 1. The van der Waals surface area contributed by atoms with Gasteiger partial charge in [-0.1, -0.05) is 0 Å². The molecule has 0 bridgehead atoms. The van der Waals surface area contributed by atoms with Gasteiger partial charge in [-0.05, 0) is 6.42 Å². The van der Waals surface area contributed by atoms with E-state index in [0.717, 1.165) is 4.57 Å². The quantitative estimate of drug-likeness (QED) is 0.574. The molecule has 1 aliphatic rings. The number of nitrogens with one attached hydrogen (secondary N) is 2. The van der Waals surface area contributed by atoms with E-state index in [1.165, 1.54) is 17.9 Å². The predicted octanol–water partition coefficient (Wildman–Crippen LogP) is -1.69. The van der Waals surface area contributed by atoms with Crippen LogP contribution in [0.15, 0.2) is 15.9 Å². The van der Waals surface area contributed by atoms with Gasteiger partial charge in [0.2, 0.25) is 5.91 Å². The predicted molar refractivity (Wildman–Crippen MR) is 75.4 cm³/mol. The number of carboxylic acid groups (broad SMARTS) is 1. The Kier molecular flexibility index (Phi) is 4.11. The molecule has 1 atom stereocenters. The molecule has 2 aromatic heterocycles. The smallest absolute Gasteiger partial charge is 0.332 e. The van der Waals surface area contributed by atoms with Crippen LogP contribution in [0, 0.1) is 0 Å². The van der Waals surface area contributed by atoms with Crippen LogP contribution in [0.4, 0.5) is 0 Å². The summed E-state index contributed by atoms with van der Waals surface area (Å²) in [5.41, 5.74) is 0.0119. The Labute approximate surface area is 123 Å². The maximum absolute atomic E-state index is 11.4. The van der Waals surface area contributed by atoms with E-state index in [2.05, 4.69) is 15.3 Å². The van der Waals surface area contributed by atoms with Crippen molar-refractivity contribution in [1.29, 1.82) is 0 Å². The Morgan fingerprint density at radius 3 is 2.50 bits per heavy atom. The Balaban J connectivity index is 0.000000172. The van der Waals surface area contributed by atoms with Crippen LogP contribution in [-0.2, 0) is 23.7 Å². The molecule has 10 nitrogen and oxygen atoms in total. The standard InChI is InChI=1S/C7H8N4O2.C5H7NO3/c1-10-5-4(8-3-9-5)6(12)11(2)7(10)13;7-4-2-1-3(6-4)5(8)9/h3H,1-2H3,(H,8,9);3H,1-2H2,(H,6,7)(H,8,9)/t;3-/m.0/s1. The van der Waals surface area contributed by atoms with Crippen LogP contribution in [0.2, 0.25) is 0 Å². The lowest BCUT2D eigenvalue weighted by atomic mass is 10.2. The molecule has 118 valence electrons. The number of imidazole rings is 1. The van der Waals surface area contributed by atoms with Gasteiger partial charge in [-0.2, -0.15) is 0 Å². The van der Waals surface area contributed by atoms with E-state index in [9.17, 15) is 19.2 Å². The fourth-order valence-electron chi connectivity index (χ4n) is 2.07. The summed E-state index contributed by atoms with van der Waals surface area (Å²) in [6, 6.07) is -0.641. The number of H-pyrrole nitrogens is 1. The van der Waals surface area contributed by atoms with Crippen molar-refractivity contribution in [3.05, 3.63) is 27.2 Å². The molecule has 0 aliphatic carbocycles. The Morgan fingerprint density at radius 2 is 2.00 bits per heavy atom. The molecule has 0 unspecified atom stereocenters. The molecule has 0 aromatic carbocycles. The zero-order chi connectivity index (χ0) is 16.4. The first kappa shape index (κ1) is 15.5. The first-order chi connectivity index (χ1) is 10.3. The van der Waals surface area contributed by atoms with E-state index in [1.807, 2.05) is 0 Å². The fraction of sp³-hybridized carbons (Fsp3) is 0.417. The average Bonchev–Trinajstić information content (AvgIpc) is 3.12. The highest BCUT2D eigenvalue weighted by Crippen LogP contribution is 2.05. The van der Waals surface area contributed by atoms with Crippen LogP contribution in [0.3, 0.4) is 0 Å². The second-order valence-corrected chi connectivity index (χ2v) is 4.80. The maximum atomic E-state index is 11.4. The second kappa shape index (κ2) is 5.84. The van der Waals surface area contributed by atoms with E-state index in [-0.39, 0.29) is 17.2 Å². The Bertz CT molecular complexity index is 846. The first-order valence-electron chi connectivity index (χ1n) is 6.44. The number of aromatic amines is 1. The molecule has 0 spiro atoms. The highest BCUT2D eigenvalue weighted by atomic mass is 16.4. The first-order valence-corrected chi connectivity index (χ1v) is 6.44. The third kappa shape index (κ3) is 2.75. The molecule has 0 saturated carbocycles. The van der Waals surface area contributed by atoms with Crippen LogP contribution >= 0.6 is 0 Å². The summed E-state index contributed by atoms with van der Waals surface area (Å²) in [6.45, 7) is 0. The van der Waals surface area contributed by atoms with Crippen LogP contribution in [0.5, 0.6) is 0 Å². The Morgan fingerprint density at radius 1 is 1.32 bits per heavy atom. The minimum absolute atomic E-state index is 0.164. The lowest BCUT2D eigenvalue weighted by Gasteiger charge is -2.00. The topological polar surface area (TPSA) is 139 Å². The molecular formula is C12H15N5O5.